The summed E-state index contributed by atoms with van der Waals surface area (Å²) in [5.41, 5.74) is 2.02. The lowest BCUT2D eigenvalue weighted by Crippen LogP contribution is -2.21. The number of hydrogen-bond acceptors (Lipinski definition) is 6. The molecule has 4 aromatic rings. The molecule has 0 spiro atoms. The van der Waals surface area contributed by atoms with Crippen LogP contribution in [0.1, 0.15) is 30.0 Å². The van der Waals surface area contributed by atoms with Crippen LogP contribution < -0.4 is 15.4 Å². The molecule has 0 radical (unpaired) electrons. The summed E-state index contributed by atoms with van der Waals surface area (Å²) in [6.45, 7) is 1.20. The molecule has 2 amide bonds. The molecule has 11 heteroatoms. The molecule has 9 nitrogen and oxygen atoms in total. The smallest absolute Gasteiger partial charge is 0.324 e. The molecule has 1 aliphatic rings. The first kappa shape index (κ1) is 24.3. The van der Waals surface area contributed by atoms with Gasteiger partial charge < -0.3 is 14.8 Å². The zero-order chi connectivity index (χ0) is 25.6. The lowest BCUT2D eigenvalue weighted by Gasteiger charge is -2.19. The summed E-state index contributed by atoms with van der Waals surface area (Å²) in [6, 6.07) is 11.3. The number of nitrogens with one attached hydrogen (secondary N) is 2. The largest absolute Gasteiger partial charge is 0.472 e. The second-order valence-electron chi connectivity index (χ2n) is 8.45. The fourth-order valence-corrected chi connectivity index (χ4v) is 4.01. The number of anilines is 2. The van der Waals surface area contributed by atoms with E-state index in [2.05, 4.69) is 20.6 Å². The first-order valence-corrected chi connectivity index (χ1v) is 11.7. The van der Waals surface area contributed by atoms with Gasteiger partial charge in [-0.1, -0.05) is 0 Å². The van der Waals surface area contributed by atoms with Gasteiger partial charge in [0.2, 0.25) is 5.88 Å². The van der Waals surface area contributed by atoms with E-state index < -0.39 is 11.8 Å². The monoisotopic (exact) mass is 506 g/mol. The molecular weight excluding hydrogens is 482 g/mol. The van der Waals surface area contributed by atoms with Crippen LogP contribution in [0.3, 0.4) is 0 Å². The van der Waals surface area contributed by atoms with Gasteiger partial charge in [0.05, 0.1) is 17.6 Å². The number of urea groups is 1. The van der Waals surface area contributed by atoms with Gasteiger partial charge in [0.1, 0.15) is 24.1 Å². The van der Waals surface area contributed by atoms with Gasteiger partial charge in [-0.2, -0.15) is 5.10 Å². The number of halogens is 2. The van der Waals surface area contributed by atoms with E-state index in [9.17, 15) is 13.6 Å². The summed E-state index contributed by atoms with van der Waals surface area (Å²) in [7, 11) is 0. The molecule has 190 valence electrons. The highest BCUT2D eigenvalue weighted by molar-refractivity contribution is 5.99. The van der Waals surface area contributed by atoms with Crippen molar-refractivity contribution < 1.29 is 23.0 Å². The third kappa shape index (κ3) is 6.07. The second-order valence-corrected chi connectivity index (χ2v) is 8.45. The summed E-state index contributed by atoms with van der Waals surface area (Å²) in [4.78, 5) is 20.8. The number of rotatable bonds is 7. The van der Waals surface area contributed by atoms with E-state index in [1.54, 1.807) is 16.8 Å². The fourth-order valence-electron chi connectivity index (χ4n) is 4.01. The van der Waals surface area contributed by atoms with Gasteiger partial charge in [-0.3, -0.25) is 10.3 Å². The standard InChI is InChI=1S/C26H24F2N6O3/c27-19-1-4-21(5-2-19)34-24(14-23(33-34)17-7-11-36-12-8-17)32-26(35)31-20-3-6-22(28)18(13-20)16-37-25-15-29-9-10-30-25/h1-6,9-10,13-15,17H,7-8,11-12,16H2,(H2,31,32,35). The maximum atomic E-state index is 14.3. The molecule has 0 atom stereocenters. The molecule has 1 saturated heterocycles. The Balaban J connectivity index is 1.32. The highest BCUT2D eigenvalue weighted by atomic mass is 19.1. The number of nitrogens with zero attached hydrogens (tertiary/aromatic N) is 4. The summed E-state index contributed by atoms with van der Waals surface area (Å²) in [6.07, 6.45) is 6.04. The topological polar surface area (TPSA) is 103 Å². The van der Waals surface area contributed by atoms with Gasteiger partial charge in [-0.05, 0) is 55.3 Å². The Morgan fingerprint density at radius 2 is 1.86 bits per heavy atom. The Kier molecular flexibility index (Phi) is 7.31. The number of aromatic nitrogens is 4. The van der Waals surface area contributed by atoms with Crippen molar-refractivity contribution >= 4 is 17.5 Å². The molecule has 5 rings (SSSR count). The Hall–Kier alpha value is -4.38. The van der Waals surface area contributed by atoms with Crippen molar-refractivity contribution in [2.75, 3.05) is 23.8 Å². The van der Waals surface area contributed by atoms with E-state index >= 15 is 0 Å². The second kappa shape index (κ2) is 11.1. The third-order valence-corrected chi connectivity index (χ3v) is 5.90. The maximum Gasteiger partial charge on any atom is 0.324 e. The van der Waals surface area contributed by atoms with Crippen molar-refractivity contribution in [3.05, 3.63) is 90.0 Å². The molecule has 2 N–H and O–H groups in total. The van der Waals surface area contributed by atoms with Crippen molar-refractivity contribution in [2.45, 2.75) is 25.4 Å². The van der Waals surface area contributed by atoms with E-state index in [1.165, 1.54) is 48.9 Å². The average molecular weight is 507 g/mol. The minimum absolute atomic E-state index is 0.0898. The fraction of sp³-hybridized carbons (Fsp3) is 0.231. The zero-order valence-electron chi connectivity index (χ0n) is 19.7. The van der Waals surface area contributed by atoms with Crippen molar-refractivity contribution in [1.29, 1.82) is 0 Å². The van der Waals surface area contributed by atoms with Crippen molar-refractivity contribution in [1.82, 2.24) is 19.7 Å². The molecule has 3 heterocycles. The highest BCUT2D eigenvalue weighted by Gasteiger charge is 2.22. The molecule has 0 saturated carbocycles. The quantitative estimate of drug-likeness (QED) is 0.363. The van der Waals surface area contributed by atoms with Crippen molar-refractivity contribution in [2.24, 2.45) is 0 Å². The summed E-state index contributed by atoms with van der Waals surface area (Å²) < 4.78 is 40.3. The lowest BCUT2D eigenvalue weighted by molar-refractivity contribution is 0.0844. The molecular formula is C26H24F2N6O3. The van der Waals surface area contributed by atoms with Crippen molar-refractivity contribution in [3.63, 3.8) is 0 Å². The minimum Gasteiger partial charge on any atom is -0.472 e. The maximum absolute atomic E-state index is 14.3. The summed E-state index contributed by atoms with van der Waals surface area (Å²) in [5.74, 6) is 0.00730. The van der Waals surface area contributed by atoms with E-state index in [1.807, 2.05) is 6.07 Å². The van der Waals surface area contributed by atoms with E-state index in [-0.39, 0.29) is 29.8 Å². The van der Waals surface area contributed by atoms with Crippen LogP contribution in [0.25, 0.3) is 5.69 Å². The van der Waals surface area contributed by atoms with Gasteiger partial charge in [-0.25, -0.2) is 23.2 Å². The van der Waals surface area contributed by atoms with E-state index in [0.29, 0.717) is 30.4 Å². The van der Waals surface area contributed by atoms with Gasteiger partial charge in [0.25, 0.3) is 0 Å². The molecule has 0 bridgehead atoms. The summed E-state index contributed by atoms with van der Waals surface area (Å²) >= 11 is 0. The molecule has 1 aliphatic heterocycles. The van der Waals surface area contributed by atoms with Crippen LogP contribution >= 0.6 is 0 Å². The molecule has 1 fully saturated rings. The third-order valence-electron chi connectivity index (χ3n) is 5.90. The number of carbonyl (C=O) groups is 1. The van der Waals surface area contributed by atoms with Crippen LogP contribution in [-0.4, -0.2) is 39.0 Å². The Bertz CT molecular complexity index is 1360. The van der Waals surface area contributed by atoms with Gasteiger partial charge in [0.15, 0.2) is 0 Å². The molecule has 2 aromatic heterocycles. The van der Waals surface area contributed by atoms with Crippen LogP contribution in [0, 0.1) is 11.6 Å². The number of amides is 2. The predicted molar refractivity (Wildman–Crippen MR) is 132 cm³/mol. The Morgan fingerprint density at radius 1 is 1.05 bits per heavy atom. The first-order valence-electron chi connectivity index (χ1n) is 11.7. The lowest BCUT2D eigenvalue weighted by atomic mass is 9.97. The molecule has 0 aliphatic carbocycles. The van der Waals surface area contributed by atoms with E-state index in [4.69, 9.17) is 14.6 Å². The number of ether oxygens (including phenoxy) is 2. The predicted octanol–water partition coefficient (Wildman–Crippen LogP) is 5.06. The van der Waals surface area contributed by atoms with Crippen LogP contribution in [0.5, 0.6) is 5.88 Å². The Labute approximate surface area is 211 Å². The van der Waals surface area contributed by atoms with Crippen LogP contribution in [0.2, 0.25) is 0 Å². The van der Waals surface area contributed by atoms with Crippen LogP contribution in [0.4, 0.5) is 25.1 Å². The first-order chi connectivity index (χ1) is 18.0. The molecule has 37 heavy (non-hydrogen) atoms. The molecule has 2 aromatic carbocycles. The van der Waals surface area contributed by atoms with Crippen LogP contribution in [-0.2, 0) is 11.3 Å². The van der Waals surface area contributed by atoms with Crippen molar-refractivity contribution in [3.8, 4) is 11.6 Å². The zero-order valence-corrected chi connectivity index (χ0v) is 19.7. The summed E-state index contributed by atoms with van der Waals surface area (Å²) in [5, 5.41) is 10.2. The highest BCUT2D eigenvalue weighted by Crippen LogP contribution is 2.29. The Morgan fingerprint density at radius 3 is 2.62 bits per heavy atom. The number of benzene rings is 2. The number of carbonyl (C=O) groups excluding carboxylic acids is 1. The SMILES string of the molecule is O=C(Nc1ccc(F)c(COc2cnccn2)c1)Nc1cc(C2CCOCC2)nn1-c1ccc(F)cc1. The average Bonchev–Trinajstić information content (AvgIpc) is 3.34. The van der Waals surface area contributed by atoms with Gasteiger partial charge >= 0.3 is 6.03 Å². The van der Waals surface area contributed by atoms with Crippen LogP contribution in [0.15, 0.2) is 67.1 Å². The minimum atomic E-state index is -0.547. The molecule has 0 unspecified atom stereocenters. The van der Waals surface area contributed by atoms with E-state index in [0.717, 1.165) is 18.5 Å². The number of hydrogen-bond donors (Lipinski definition) is 2. The van der Waals surface area contributed by atoms with Gasteiger partial charge in [-0.15, -0.1) is 0 Å². The normalized spacial score (nSPS) is 13.8. The van der Waals surface area contributed by atoms with Gasteiger partial charge in [0, 0.05) is 48.8 Å².